The zero-order valence-corrected chi connectivity index (χ0v) is 16.6. The van der Waals surface area contributed by atoms with Gasteiger partial charge in [0.25, 0.3) is 0 Å². The van der Waals surface area contributed by atoms with Gasteiger partial charge in [-0.15, -0.1) is 0 Å². The van der Waals surface area contributed by atoms with Crippen molar-refractivity contribution in [3.63, 3.8) is 0 Å². The summed E-state index contributed by atoms with van der Waals surface area (Å²) in [4.78, 5) is 12.8. The fourth-order valence-corrected chi connectivity index (χ4v) is 6.88. The number of benzene rings is 2. The van der Waals surface area contributed by atoms with Crippen LogP contribution < -0.4 is 21.7 Å². The largest absolute Gasteiger partial charge is 1.00 e. The van der Waals surface area contributed by atoms with Crippen LogP contribution in [0.3, 0.4) is 0 Å². The van der Waals surface area contributed by atoms with Crippen LogP contribution in [0.1, 0.15) is 23.2 Å². The van der Waals surface area contributed by atoms with E-state index in [1.807, 2.05) is 0 Å². The molecule has 0 spiro atoms. The van der Waals surface area contributed by atoms with Gasteiger partial charge in [0.15, 0.2) is 5.75 Å². The zero-order chi connectivity index (χ0) is 16.7. The van der Waals surface area contributed by atoms with Crippen molar-refractivity contribution >= 4 is 26.5 Å². The average Bonchev–Trinajstić information content (AvgIpc) is 3.08. The van der Waals surface area contributed by atoms with Crippen LogP contribution in [0.25, 0.3) is 0 Å². The van der Waals surface area contributed by atoms with Crippen molar-refractivity contribution < 1.29 is 34.9 Å². The van der Waals surface area contributed by atoms with Crippen LogP contribution in [-0.2, 0) is 20.7 Å². The van der Waals surface area contributed by atoms with Crippen molar-refractivity contribution in [2.45, 2.75) is 22.6 Å². The standard InChI is InChI=1S/C18H17O4S2.BrH/c19-14(12-23-9-3-4-10-23)13-7-8-16-18(11-13)24(20,21)17-6-2-1-5-15(17)22-16;/h1-2,5-8,11H,3-4,9-10,12H2;1H/q+1;/p-1. The van der Waals surface area contributed by atoms with E-state index in [0.717, 1.165) is 11.5 Å². The van der Waals surface area contributed by atoms with Crippen molar-refractivity contribution in [3.8, 4) is 11.5 Å². The van der Waals surface area contributed by atoms with E-state index in [1.165, 1.54) is 25.0 Å². The molecular formula is C18H17BrO4S2. The molecule has 2 aliphatic rings. The number of sulfone groups is 1. The quantitative estimate of drug-likeness (QED) is 0.431. The highest BCUT2D eigenvalue weighted by molar-refractivity contribution is 7.97. The van der Waals surface area contributed by atoms with Crippen LogP contribution in [0.2, 0.25) is 0 Å². The topological polar surface area (TPSA) is 60.4 Å². The van der Waals surface area contributed by atoms with Crippen LogP contribution in [0.4, 0.5) is 0 Å². The summed E-state index contributed by atoms with van der Waals surface area (Å²) in [5, 5.41) is 0. The lowest BCUT2D eigenvalue weighted by atomic mass is 10.1. The number of halogens is 1. The van der Waals surface area contributed by atoms with E-state index in [4.69, 9.17) is 4.74 Å². The highest BCUT2D eigenvalue weighted by Gasteiger charge is 2.33. The smallest absolute Gasteiger partial charge is 0.213 e. The van der Waals surface area contributed by atoms with Gasteiger partial charge in [-0.3, -0.25) is 4.79 Å². The molecule has 7 heteroatoms. The Morgan fingerprint density at radius 3 is 2.44 bits per heavy atom. The molecular weight excluding hydrogens is 424 g/mol. The van der Waals surface area contributed by atoms with Gasteiger partial charge in [-0.1, -0.05) is 12.1 Å². The molecule has 0 aliphatic carbocycles. The van der Waals surface area contributed by atoms with Crippen molar-refractivity contribution in [1.82, 2.24) is 0 Å². The van der Waals surface area contributed by atoms with E-state index in [0.29, 0.717) is 17.1 Å². The Bertz CT molecular complexity index is 918. The van der Waals surface area contributed by atoms with E-state index >= 15 is 0 Å². The first kappa shape index (κ1) is 18.5. The predicted octanol–water partition coefficient (Wildman–Crippen LogP) is 0.224. The Labute approximate surface area is 160 Å². The van der Waals surface area contributed by atoms with E-state index in [-0.39, 0.29) is 49.2 Å². The summed E-state index contributed by atoms with van der Waals surface area (Å²) in [6.45, 7) is 0. The highest BCUT2D eigenvalue weighted by Crippen LogP contribution is 2.42. The molecule has 132 valence electrons. The fourth-order valence-electron chi connectivity index (χ4n) is 3.10. The van der Waals surface area contributed by atoms with E-state index in [9.17, 15) is 13.2 Å². The first-order valence-electron chi connectivity index (χ1n) is 7.89. The Hall–Kier alpha value is -1.31. The molecule has 0 bridgehead atoms. The maximum absolute atomic E-state index is 12.8. The van der Waals surface area contributed by atoms with Crippen LogP contribution >= 0.6 is 0 Å². The molecule has 1 saturated heterocycles. The van der Waals surface area contributed by atoms with Crippen molar-refractivity contribution in [1.29, 1.82) is 0 Å². The highest BCUT2D eigenvalue weighted by atomic mass is 79.9. The van der Waals surface area contributed by atoms with Gasteiger partial charge in [0, 0.05) is 5.56 Å². The lowest BCUT2D eigenvalue weighted by Gasteiger charge is -2.20. The lowest BCUT2D eigenvalue weighted by Crippen LogP contribution is -3.00. The van der Waals surface area contributed by atoms with Gasteiger partial charge in [0.05, 0.1) is 0 Å². The third kappa shape index (κ3) is 3.37. The van der Waals surface area contributed by atoms with Crippen LogP contribution in [0, 0.1) is 0 Å². The summed E-state index contributed by atoms with van der Waals surface area (Å²) in [7, 11) is -3.50. The van der Waals surface area contributed by atoms with Gasteiger partial charge in [-0.2, -0.15) is 0 Å². The number of carbonyl (C=O) groups is 1. The van der Waals surface area contributed by atoms with E-state index in [2.05, 4.69) is 0 Å². The number of ketones is 1. The molecule has 2 heterocycles. The zero-order valence-electron chi connectivity index (χ0n) is 13.4. The molecule has 2 aromatic rings. The Kier molecular flexibility index (Phi) is 5.27. The maximum atomic E-state index is 12.8. The summed E-state index contributed by atoms with van der Waals surface area (Å²) in [6.07, 6.45) is 2.39. The predicted molar refractivity (Wildman–Crippen MR) is 93.9 cm³/mol. The Morgan fingerprint density at radius 1 is 1.00 bits per heavy atom. The van der Waals surface area contributed by atoms with E-state index in [1.54, 1.807) is 30.3 Å². The molecule has 2 aliphatic heterocycles. The minimum absolute atomic E-state index is 0. The summed E-state index contributed by atoms with van der Waals surface area (Å²) < 4.78 is 31.3. The molecule has 2 aromatic carbocycles. The molecule has 0 radical (unpaired) electrons. The Morgan fingerprint density at radius 2 is 1.68 bits per heavy atom. The molecule has 0 N–H and O–H groups in total. The number of Topliss-reactive ketones (excluding diaryl/α,β-unsaturated/α-hetero) is 1. The maximum Gasteiger partial charge on any atom is 0.213 e. The normalized spacial score (nSPS) is 17.8. The number of ether oxygens (including phenoxy) is 1. The molecule has 0 amide bonds. The van der Waals surface area contributed by atoms with Crippen molar-refractivity contribution in [3.05, 3.63) is 48.0 Å². The fraction of sp³-hybridized carbons (Fsp3) is 0.278. The summed E-state index contributed by atoms with van der Waals surface area (Å²) in [6, 6.07) is 11.3. The second-order valence-electron chi connectivity index (χ2n) is 6.01. The number of hydrogen-bond acceptors (Lipinski definition) is 4. The number of hydrogen-bond donors (Lipinski definition) is 0. The van der Waals surface area contributed by atoms with Gasteiger partial charge in [-0.25, -0.2) is 8.42 Å². The summed E-state index contributed by atoms with van der Waals surface area (Å²) >= 11 is 0. The molecule has 0 aromatic heterocycles. The lowest BCUT2D eigenvalue weighted by molar-refractivity contribution is -0.0000157. The second kappa shape index (κ2) is 7.13. The molecule has 0 saturated carbocycles. The van der Waals surface area contributed by atoms with Gasteiger partial charge in [0.1, 0.15) is 32.8 Å². The third-order valence-electron chi connectivity index (χ3n) is 4.37. The molecule has 4 nitrogen and oxygen atoms in total. The first-order chi connectivity index (χ1) is 11.6. The number of rotatable bonds is 3. The monoisotopic (exact) mass is 440 g/mol. The van der Waals surface area contributed by atoms with Gasteiger partial charge in [-0.05, 0) is 54.1 Å². The molecule has 4 rings (SSSR count). The molecule has 25 heavy (non-hydrogen) atoms. The molecule has 0 unspecified atom stereocenters. The van der Waals surface area contributed by atoms with Gasteiger partial charge >= 0.3 is 0 Å². The number of para-hydroxylation sites is 1. The minimum Gasteiger partial charge on any atom is -1.00 e. The van der Waals surface area contributed by atoms with Gasteiger partial charge in [0.2, 0.25) is 15.6 Å². The van der Waals surface area contributed by atoms with Crippen molar-refractivity contribution in [2.75, 3.05) is 17.3 Å². The molecule has 1 fully saturated rings. The summed E-state index contributed by atoms with van der Waals surface area (Å²) in [5.41, 5.74) is 0.458. The van der Waals surface area contributed by atoms with Crippen LogP contribution in [-0.4, -0.2) is 31.5 Å². The molecule has 0 atom stereocenters. The second-order valence-corrected chi connectivity index (χ2v) is 10.2. The SMILES string of the molecule is O=C(C[S+]1CCCC1)c1ccc2c(c1)S(=O)(=O)c1ccccc1O2.[Br-]. The number of carbonyl (C=O) groups excluding carboxylic acids is 1. The van der Waals surface area contributed by atoms with Gasteiger partial charge < -0.3 is 21.7 Å². The number of fused-ring (bicyclic) bond motifs is 2. The Balaban J connectivity index is 0.00000182. The third-order valence-corrected chi connectivity index (χ3v) is 8.58. The van der Waals surface area contributed by atoms with Crippen LogP contribution in [0.5, 0.6) is 11.5 Å². The minimum atomic E-state index is -3.66. The average molecular weight is 441 g/mol. The summed E-state index contributed by atoms with van der Waals surface area (Å²) in [5.74, 6) is 3.40. The first-order valence-corrected chi connectivity index (χ1v) is 11.1. The van der Waals surface area contributed by atoms with E-state index < -0.39 is 9.84 Å². The van der Waals surface area contributed by atoms with Crippen molar-refractivity contribution in [2.24, 2.45) is 0 Å². The van der Waals surface area contributed by atoms with Crippen LogP contribution in [0.15, 0.2) is 52.3 Å².